The van der Waals surface area contributed by atoms with Crippen LogP contribution in [0.3, 0.4) is 0 Å². The number of alkyl halides is 1. The molecule has 8 nitrogen and oxygen atoms in total. The van der Waals surface area contributed by atoms with Crippen molar-refractivity contribution in [3.8, 4) is 0 Å². The topological polar surface area (TPSA) is 72.1 Å². The van der Waals surface area contributed by atoms with E-state index in [1.54, 1.807) is 28.7 Å². The van der Waals surface area contributed by atoms with Gasteiger partial charge in [0.25, 0.3) is 5.56 Å². The van der Waals surface area contributed by atoms with Gasteiger partial charge < -0.3 is 14.5 Å². The summed E-state index contributed by atoms with van der Waals surface area (Å²) in [5.41, 5.74) is 1.50. The van der Waals surface area contributed by atoms with Crippen LogP contribution in [0.15, 0.2) is 17.1 Å². The number of hydrogen-bond acceptors (Lipinski definition) is 5. The molecule has 1 atom stereocenters. The number of aryl methyl sites for hydroxylation is 1. The van der Waals surface area contributed by atoms with Crippen LogP contribution in [-0.4, -0.2) is 56.5 Å². The molecule has 1 fully saturated rings. The van der Waals surface area contributed by atoms with Gasteiger partial charge in [-0.3, -0.25) is 4.79 Å². The second-order valence-corrected chi connectivity index (χ2v) is 8.16. The van der Waals surface area contributed by atoms with Crippen LogP contribution < -0.4 is 10.5 Å². The fourth-order valence-electron chi connectivity index (χ4n) is 3.29. The Bertz CT molecular complexity index is 914. The number of carbonyl (C=O) groups is 1. The van der Waals surface area contributed by atoms with Crippen molar-refractivity contribution < 1.29 is 9.53 Å². The maximum atomic E-state index is 12.4. The largest absolute Gasteiger partial charge is 0.444 e. The number of carbonyl (C=O) groups excluding carboxylic acids is 1. The van der Waals surface area contributed by atoms with E-state index < -0.39 is 5.60 Å². The van der Waals surface area contributed by atoms with Crippen LogP contribution in [0.2, 0.25) is 0 Å². The van der Waals surface area contributed by atoms with Crippen molar-refractivity contribution in [1.29, 1.82) is 0 Å². The predicted molar refractivity (Wildman–Crippen MR) is 105 cm³/mol. The Labute approximate surface area is 163 Å². The van der Waals surface area contributed by atoms with Gasteiger partial charge in [-0.15, -0.1) is 11.6 Å². The standard InChI is InChI=1S/C18H26ClN5O3/c1-12-10-22(17(26)27-18(2,3)4)6-7-23(12)14-8-15(25)21(5)24-11-13(9-19)20-16(14)24/h8,11-12H,6-7,9-10H2,1-5H3. The summed E-state index contributed by atoms with van der Waals surface area (Å²) in [6, 6.07) is 1.61. The molecule has 0 radical (unpaired) electrons. The molecule has 1 amide bonds. The Morgan fingerprint density at radius 1 is 1.37 bits per heavy atom. The summed E-state index contributed by atoms with van der Waals surface area (Å²) < 4.78 is 8.70. The number of halogens is 1. The predicted octanol–water partition coefficient (Wildman–Crippen LogP) is 2.22. The second-order valence-electron chi connectivity index (χ2n) is 7.89. The monoisotopic (exact) mass is 395 g/mol. The Morgan fingerprint density at radius 2 is 2.07 bits per heavy atom. The third-order valence-corrected chi connectivity index (χ3v) is 4.87. The van der Waals surface area contributed by atoms with Crippen LogP contribution in [0.1, 0.15) is 33.4 Å². The van der Waals surface area contributed by atoms with Gasteiger partial charge in [0.2, 0.25) is 0 Å². The van der Waals surface area contributed by atoms with E-state index in [2.05, 4.69) is 9.88 Å². The van der Waals surface area contributed by atoms with Gasteiger partial charge in [0.15, 0.2) is 5.65 Å². The van der Waals surface area contributed by atoms with Gasteiger partial charge in [0.1, 0.15) is 5.60 Å². The van der Waals surface area contributed by atoms with Crippen LogP contribution >= 0.6 is 11.6 Å². The van der Waals surface area contributed by atoms with Gasteiger partial charge in [0, 0.05) is 38.8 Å². The van der Waals surface area contributed by atoms with Crippen LogP contribution in [-0.2, 0) is 17.7 Å². The molecule has 2 aromatic rings. The van der Waals surface area contributed by atoms with Crippen LogP contribution in [0.4, 0.5) is 10.5 Å². The molecular weight excluding hydrogens is 370 g/mol. The molecule has 1 unspecified atom stereocenters. The third kappa shape index (κ3) is 3.90. The van der Waals surface area contributed by atoms with Crippen molar-refractivity contribution >= 4 is 29.0 Å². The van der Waals surface area contributed by atoms with Gasteiger partial charge in [-0.25, -0.2) is 19.0 Å². The summed E-state index contributed by atoms with van der Waals surface area (Å²) in [6.45, 7) is 9.21. The number of piperazine rings is 1. The zero-order valence-corrected chi connectivity index (χ0v) is 17.2. The van der Waals surface area contributed by atoms with E-state index in [-0.39, 0.29) is 23.6 Å². The Hall–Kier alpha value is -2.22. The van der Waals surface area contributed by atoms with Gasteiger partial charge in [-0.1, -0.05) is 0 Å². The molecule has 0 N–H and O–H groups in total. The van der Waals surface area contributed by atoms with Crippen LogP contribution in [0.5, 0.6) is 0 Å². The highest BCUT2D eigenvalue weighted by atomic mass is 35.5. The summed E-state index contributed by atoms with van der Waals surface area (Å²) >= 11 is 5.93. The molecule has 27 heavy (non-hydrogen) atoms. The van der Waals surface area contributed by atoms with E-state index in [9.17, 15) is 9.59 Å². The van der Waals surface area contributed by atoms with E-state index in [0.29, 0.717) is 31.0 Å². The average molecular weight is 396 g/mol. The summed E-state index contributed by atoms with van der Waals surface area (Å²) in [5.74, 6) is 0.275. The lowest BCUT2D eigenvalue weighted by molar-refractivity contribution is 0.0219. The first-order valence-corrected chi connectivity index (χ1v) is 9.53. The molecule has 1 aliphatic heterocycles. The molecule has 0 aromatic carbocycles. The molecule has 0 bridgehead atoms. The summed E-state index contributed by atoms with van der Waals surface area (Å²) in [6.07, 6.45) is 1.46. The fourth-order valence-corrected chi connectivity index (χ4v) is 3.42. The van der Waals surface area contributed by atoms with Crippen molar-refractivity contribution in [3.63, 3.8) is 0 Å². The molecular formula is C18H26ClN5O3. The van der Waals surface area contributed by atoms with E-state index in [1.165, 1.54) is 4.68 Å². The second kappa shape index (κ2) is 7.07. The lowest BCUT2D eigenvalue weighted by Gasteiger charge is -2.41. The maximum absolute atomic E-state index is 12.4. The van der Waals surface area contributed by atoms with Gasteiger partial charge >= 0.3 is 6.09 Å². The van der Waals surface area contributed by atoms with E-state index in [1.807, 2.05) is 27.7 Å². The van der Waals surface area contributed by atoms with E-state index in [4.69, 9.17) is 16.3 Å². The maximum Gasteiger partial charge on any atom is 0.410 e. The number of rotatable bonds is 2. The number of amides is 1. The summed E-state index contributed by atoms with van der Waals surface area (Å²) in [7, 11) is 1.70. The first kappa shape index (κ1) is 19.5. The van der Waals surface area contributed by atoms with E-state index in [0.717, 1.165) is 5.69 Å². The Kier molecular flexibility index (Phi) is 5.12. The fraction of sp³-hybridized carbons (Fsp3) is 0.611. The SMILES string of the molecule is CC1CN(C(=O)OC(C)(C)C)CCN1c1cc(=O)n(C)n2cc(CCl)nc12. The number of ether oxygens (including phenoxy) is 1. The molecule has 0 saturated carbocycles. The highest BCUT2D eigenvalue weighted by molar-refractivity contribution is 6.16. The van der Waals surface area contributed by atoms with Crippen LogP contribution in [0, 0.1) is 0 Å². The van der Waals surface area contributed by atoms with Crippen molar-refractivity contribution in [2.75, 3.05) is 24.5 Å². The van der Waals surface area contributed by atoms with Crippen LogP contribution in [0.25, 0.3) is 5.65 Å². The minimum absolute atomic E-state index is 0.0123. The summed E-state index contributed by atoms with van der Waals surface area (Å²) in [5, 5.41) is 0. The quantitative estimate of drug-likeness (QED) is 0.729. The number of aromatic nitrogens is 3. The highest BCUT2D eigenvalue weighted by Crippen LogP contribution is 2.25. The lowest BCUT2D eigenvalue weighted by atomic mass is 10.1. The molecule has 3 heterocycles. The normalized spacial score (nSPS) is 18.2. The first-order chi connectivity index (χ1) is 12.6. The van der Waals surface area contributed by atoms with Crippen molar-refractivity contribution in [2.45, 2.75) is 45.2 Å². The number of nitrogens with zero attached hydrogens (tertiary/aromatic N) is 5. The van der Waals surface area contributed by atoms with Gasteiger partial charge in [-0.2, -0.15) is 0 Å². The number of anilines is 1. The van der Waals surface area contributed by atoms with Crippen molar-refractivity contribution in [3.05, 3.63) is 28.3 Å². The highest BCUT2D eigenvalue weighted by Gasteiger charge is 2.31. The molecule has 3 rings (SSSR count). The Morgan fingerprint density at radius 3 is 2.67 bits per heavy atom. The first-order valence-electron chi connectivity index (χ1n) is 8.99. The molecule has 2 aromatic heterocycles. The molecule has 9 heteroatoms. The number of hydrogen-bond donors (Lipinski definition) is 0. The molecule has 0 aliphatic carbocycles. The van der Waals surface area contributed by atoms with Gasteiger partial charge in [0.05, 0.1) is 23.5 Å². The zero-order chi connectivity index (χ0) is 19.9. The van der Waals surface area contributed by atoms with Gasteiger partial charge in [-0.05, 0) is 27.7 Å². The molecule has 148 valence electrons. The summed E-state index contributed by atoms with van der Waals surface area (Å²) in [4.78, 5) is 33.1. The molecule has 0 spiro atoms. The molecule has 1 aliphatic rings. The number of imidazole rings is 1. The minimum atomic E-state index is -0.525. The number of fused-ring (bicyclic) bond motifs is 1. The third-order valence-electron chi connectivity index (χ3n) is 4.59. The Balaban J connectivity index is 1.88. The smallest absolute Gasteiger partial charge is 0.410 e. The van der Waals surface area contributed by atoms with Crippen molar-refractivity contribution in [1.82, 2.24) is 19.1 Å². The zero-order valence-electron chi connectivity index (χ0n) is 16.4. The van der Waals surface area contributed by atoms with Crippen molar-refractivity contribution in [2.24, 2.45) is 7.05 Å². The lowest BCUT2D eigenvalue weighted by Crippen LogP contribution is -2.55. The molecule has 1 saturated heterocycles. The minimum Gasteiger partial charge on any atom is -0.444 e. The van der Waals surface area contributed by atoms with E-state index >= 15 is 0 Å². The average Bonchev–Trinajstić information content (AvgIpc) is 3.01.